The number of hydrogen-bond acceptors (Lipinski definition) is 3. The predicted molar refractivity (Wildman–Crippen MR) is 60.9 cm³/mol. The van der Waals surface area contributed by atoms with Gasteiger partial charge in [0.15, 0.2) is 0 Å². The van der Waals surface area contributed by atoms with Crippen LogP contribution in [0.5, 0.6) is 0 Å². The Balaban J connectivity index is 2.00. The predicted octanol–water partition coefficient (Wildman–Crippen LogP) is 0.608. The van der Waals surface area contributed by atoms with Crippen LogP contribution >= 0.6 is 0 Å². The van der Waals surface area contributed by atoms with Crippen LogP contribution < -0.4 is 10.6 Å². The first-order chi connectivity index (χ1) is 7.74. The zero-order valence-electron chi connectivity index (χ0n) is 9.66. The molecule has 5 nitrogen and oxygen atoms in total. The molecule has 1 fully saturated rings. The molecule has 3 N–H and O–H groups in total. The van der Waals surface area contributed by atoms with E-state index in [1.807, 2.05) is 6.92 Å². The first-order valence-electron chi connectivity index (χ1n) is 5.63. The lowest BCUT2D eigenvalue weighted by molar-refractivity contribution is 0.0948. The molecule has 1 aliphatic rings. The second-order valence-corrected chi connectivity index (χ2v) is 3.90. The van der Waals surface area contributed by atoms with E-state index >= 15 is 0 Å². The maximum Gasteiger partial charge on any atom is 0.318 e. The number of hydrogen-bond donors (Lipinski definition) is 3. The molecule has 2 amide bonds. The number of carbonyl (C=O) groups is 1. The highest BCUT2D eigenvalue weighted by atomic mass is 16.5. The summed E-state index contributed by atoms with van der Waals surface area (Å²) in [6, 6.07) is -0.215. The van der Waals surface area contributed by atoms with E-state index in [2.05, 4.69) is 10.6 Å². The molecule has 0 saturated heterocycles. The van der Waals surface area contributed by atoms with E-state index in [1.165, 1.54) is 18.4 Å². The van der Waals surface area contributed by atoms with Crippen LogP contribution in [0, 0.1) is 5.92 Å². The fourth-order valence-electron chi connectivity index (χ4n) is 1.29. The van der Waals surface area contributed by atoms with Crippen LogP contribution in [-0.2, 0) is 4.74 Å². The first-order valence-corrected chi connectivity index (χ1v) is 5.63. The molecule has 0 spiro atoms. The van der Waals surface area contributed by atoms with Crippen molar-refractivity contribution in [3.63, 3.8) is 0 Å². The van der Waals surface area contributed by atoms with Gasteiger partial charge in [0.25, 0.3) is 0 Å². The lowest BCUT2D eigenvalue weighted by Crippen LogP contribution is -2.34. The molecule has 0 aromatic rings. The van der Waals surface area contributed by atoms with E-state index in [1.54, 1.807) is 6.20 Å². The Morgan fingerprint density at radius 2 is 2.25 bits per heavy atom. The van der Waals surface area contributed by atoms with Gasteiger partial charge in [-0.25, -0.2) is 4.79 Å². The third-order valence-corrected chi connectivity index (χ3v) is 2.42. The van der Waals surface area contributed by atoms with E-state index in [0.717, 1.165) is 0 Å². The molecule has 5 heteroatoms. The van der Waals surface area contributed by atoms with Gasteiger partial charge < -0.3 is 20.5 Å². The topological polar surface area (TPSA) is 70.6 Å². The van der Waals surface area contributed by atoms with Crippen LogP contribution in [0.2, 0.25) is 0 Å². The van der Waals surface area contributed by atoms with Gasteiger partial charge >= 0.3 is 6.03 Å². The van der Waals surface area contributed by atoms with Crippen LogP contribution in [0.15, 0.2) is 11.8 Å². The van der Waals surface area contributed by atoms with E-state index in [9.17, 15) is 4.79 Å². The zero-order valence-corrected chi connectivity index (χ0v) is 9.66. The Kier molecular flexibility index (Phi) is 5.88. The summed E-state index contributed by atoms with van der Waals surface area (Å²) in [6.45, 7) is 3.21. The Morgan fingerprint density at radius 3 is 2.88 bits per heavy atom. The molecule has 16 heavy (non-hydrogen) atoms. The molecule has 1 aliphatic carbocycles. The van der Waals surface area contributed by atoms with Crippen molar-refractivity contribution in [1.29, 1.82) is 0 Å². The number of carbonyl (C=O) groups excluding carboxylic acids is 1. The van der Waals surface area contributed by atoms with Gasteiger partial charge in [-0.2, -0.15) is 0 Å². The van der Waals surface area contributed by atoms with Crippen molar-refractivity contribution >= 4 is 6.03 Å². The van der Waals surface area contributed by atoms with Gasteiger partial charge in [0.1, 0.15) is 0 Å². The van der Waals surface area contributed by atoms with Crippen molar-refractivity contribution in [2.45, 2.75) is 19.8 Å². The summed E-state index contributed by atoms with van der Waals surface area (Å²) in [5.74, 6) is 0.674. The summed E-state index contributed by atoms with van der Waals surface area (Å²) in [6.07, 6.45) is 4.24. The van der Waals surface area contributed by atoms with Gasteiger partial charge in [0.05, 0.1) is 19.8 Å². The zero-order chi connectivity index (χ0) is 11.8. The van der Waals surface area contributed by atoms with Gasteiger partial charge in [-0.05, 0) is 25.7 Å². The summed E-state index contributed by atoms with van der Waals surface area (Å²) in [5, 5.41) is 13.8. The van der Waals surface area contributed by atoms with Gasteiger partial charge in [-0.3, -0.25) is 0 Å². The molecule has 0 atom stereocenters. The first kappa shape index (κ1) is 13.0. The number of urea groups is 1. The molecule has 0 bridgehead atoms. The van der Waals surface area contributed by atoms with E-state index < -0.39 is 0 Å². The number of aliphatic hydroxyl groups excluding tert-OH is 1. The summed E-state index contributed by atoms with van der Waals surface area (Å²) in [5.41, 5.74) is 1.23. The Labute approximate surface area is 95.9 Å². The van der Waals surface area contributed by atoms with Crippen LogP contribution in [0.1, 0.15) is 19.8 Å². The molecule has 0 aromatic carbocycles. The third kappa shape index (κ3) is 5.72. The second-order valence-electron chi connectivity index (χ2n) is 3.90. The average molecular weight is 228 g/mol. The third-order valence-electron chi connectivity index (χ3n) is 2.42. The number of ether oxygens (including phenoxy) is 1. The quantitative estimate of drug-likeness (QED) is 0.559. The lowest BCUT2D eigenvalue weighted by Gasteiger charge is -2.05. The van der Waals surface area contributed by atoms with E-state index in [4.69, 9.17) is 9.84 Å². The fourth-order valence-corrected chi connectivity index (χ4v) is 1.29. The molecule has 1 saturated carbocycles. The molecule has 0 radical (unpaired) electrons. The Bertz CT molecular complexity index is 250. The van der Waals surface area contributed by atoms with Crippen LogP contribution in [0.25, 0.3) is 0 Å². The minimum Gasteiger partial charge on any atom is -0.394 e. The van der Waals surface area contributed by atoms with Crippen LogP contribution in [0.3, 0.4) is 0 Å². The van der Waals surface area contributed by atoms with E-state index in [-0.39, 0.29) is 12.6 Å². The van der Waals surface area contributed by atoms with Gasteiger partial charge in [0, 0.05) is 12.7 Å². The van der Waals surface area contributed by atoms with Crippen molar-refractivity contribution in [3.8, 4) is 0 Å². The van der Waals surface area contributed by atoms with Crippen molar-refractivity contribution in [3.05, 3.63) is 11.8 Å². The lowest BCUT2D eigenvalue weighted by atomic mass is 10.2. The monoisotopic (exact) mass is 228 g/mol. The maximum atomic E-state index is 11.3. The molecule has 0 aliphatic heterocycles. The van der Waals surface area contributed by atoms with Gasteiger partial charge in [-0.1, -0.05) is 5.57 Å². The highest BCUT2D eigenvalue weighted by molar-refractivity contribution is 5.74. The SMILES string of the molecule is C/C(=C\NC(=O)NCCOCCO)C1CC1. The molecule has 0 aromatic heterocycles. The van der Waals surface area contributed by atoms with Crippen molar-refractivity contribution < 1.29 is 14.6 Å². The summed E-state index contributed by atoms with van der Waals surface area (Å²) >= 11 is 0. The highest BCUT2D eigenvalue weighted by Crippen LogP contribution is 2.35. The largest absolute Gasteiger partial charge is 0.394 e. The van der Waals surface area contributed by atoms with Gasteiger partial charge in [-0.15, -0.1) is 0 Å². The number of aliphatic hydroxyl groups is 1. The molecule has 1 rings (SSSR count). The smallest absolute Gasteiger partial charge is 0.318 e. The van der Waals surface area contributed by atoms with E-state index in [0.29, 0.717) is 25.7 Å². The highest BCUT2D eigenvalue weighted by Gasteiger charge is 2.22. The minimum absolute atomic E-state index is 0.00944. The van der Waals surface area contributed by atoms with Crippen LogP contribution in [0.4, 0.5) is 4.79 Å². The standard InChI is InChI=1S/C11H20N2O3/c1-9(10-2-3-10)8-13-11(15)12-4-6-16-7-5-14/h8,10,14H,2-7H2,1H3,(H2,12,13,15)/b9-8+. The number of allylic oxidation sites excluding steroid dienone is 1. The maximum absolute atomic E-state index is 11.3. The normalized spacial score (nSPS) is 16.0. The summed E-state index contributed by atoms with van der Waals surface area (Å²) in [7, 11) is 0. The van der Waals surface area contributed by atoms with Crippen LogP contribution in [-0.4, -0.2) is 37.5 Å². The fraction of sp³-hybridized carbons (Fsp3) is 0.727. The Hall–Kier alpha value is -1.07. The molecule has 92 valence electrons. The van der Waals surface area contributed by atoms with Crippen molar-refractivity contribution in [1.82, 2.24) is 10.6 Å². The molecular weight excluding hydrogens is 208 g/mol. The molecule has 0 heterocycles. The Morgan fingerprint density at radius 1 is 1.50 bits per heavy atom. The molecular formula is C11H20N2O3. The average Bonchev–Trinajstić information content (AvgIpc) is 3.09. The number of nitrogens with one attached hydrogen (secondary N) is 2. The number of amides is 2. The molecule has 0 unspecified atom stereocenters. The van der Waals surface area contributed by atoms with Crippen molar-refractivity contribution in [2.24, 2.45) is 5.92 Å². The second kappa shape index (κ2) is 7.24. The summed E-state index contributed by atoms with van der Waals surface area (Å²) in [4.78, 5) is 11.3. The number of rotatable bonds is 7. The van der Waals surface area contributed by atoms with Crippen molar-refractivity contribution in [2.75, 3.05) is 26.4 Å². The summed E-state index contributed by atoms with van der Waals surface area (Å²) < 4.78 is 5.00. The van der Waals surface area contributed by atoms with Gasteiger partial charge in [0.2, 0.25) is 0 Å². The minimum atomic E-state index is -0.215.